The predicted molar refractivity (Wildman–Crippen MR) is 61.9 cm³/mol. The molecule has 0 heterocycles. The molecule has 1 aromatic carbocycles. The SMILES string of the molecule is COC(=O)c1ccc(C(=O)O[C@@H](C)C(N)=O)cc1. The van der Waals surface area contributed by atoms with Gasteiger partial charge in [0, 0.05) is 0 Å². The number of carbonyl (C=O) groups excluding carboxylic acids is 3. The third-order valence-corrected chi connectivity index (χ3v) is 2.23. The summed E-state index contributed by atoms with van der Waals surface area (Å²) in [4.78, 5) is 33.5. The van der Waals surface area contributed by atoms with E-state index in [0.29, 0.717) is 5.56 Å². The number of ether oxygens (including phenoxy) is 2. The number of benzene rings is 1. The first-order chi connectivity index (χ1) is 8.45. The van der Waals surface area contributed by atoms with E-state index in [0.717, 1.165) is 0 Å². The maximum absolute atomic E-state index is 11.6. The zero-order valence-electron chi connectivity index (χ0n) is 10.0. The molecule has 0 aliphatic rings. The molecule has 0 aliphatic heterocycles. The molecule has 0 fully saturated rings. The van der Waals surface area contributed by atoms with E-state index in [-0.39, 0.29) is 5.56 Å². The van der Waals surface area contributed by atoms with Gasteiger partial charge in [0.2, 0.25) is 0 Å². The molecule has 96 valence electrons. The molecule has 0 aromatic heterocycles. The zero-order valence-corrected chi connectivity index (χ0v) is 10.0. The molecule has 1 amide bonds. The number of amides is 1. The fourth-order valence-electron chi connectivity index (χ4n) is 1.15. The van der Waals surface area contributed by atoms with Crippen molar-refractivity contribution < 1.29 is 23.9 Å². The molecular formula is C12H13NO5. The van der Waals surface area contributed by atoms with Crippen LogP contribution >= 0.6 is 0 Å². The highest BCUT2D eigenvalue weighted by atomic mass is 16.5. The number of carbonyl (C=O) groups is 3. The lowest BCUT2D eigenvalue weighted by molar-refractivity contribution is -0.125. The Labute approximate surface area is 104 Å². The number of rotatable bonds is 4. The normalized spacial score (nSPS) is 11.4. The zero-order chi connectivity index (χ0) is 13.7. The Morgan fingerprint density at radius 2 is 1.50 bits per heavy atom. The highest BCUT2D eigenvalue weighted by molar-refractivity contribution is 5.94. The molecule has 6 nitrogen and oxygen atoms in total. The van der Waals surface area contributed by atoms with Crippen molar-refractivity contribution in [3.05, 3.63) is 35.4 Å². The smallest absolute Gasteiger partial charge is 0.338 e. The van der Waals surface area contributed by atoms with Crippen LogP contribution in [0.1, 0.15) is 27.6 Å². The van der Waals surface area contributed by atoms with E-state index in [2.05, 4.69) is 4.74 Å². The van der Waals surface area contributed by atoms with Crippen LogP contribution in [0.4, 0.5) is 0 Å². The van der Waals surface area contributed by atoms with Gasteiger partial charge in [-0.2, -0.15) is 0 Å². The Bertz CT molecular complexity index is 466. The molecule has 18 heavy (non-hydrogen) atoms. The number of hydrogen-bond acceptors (Lipinski definition) is 5. The summed E-state index contributed by atoms with van der Waals surface area (Å²) in [6.07, 6.45) is -1.00. The van der Waals surface area contributed by atoms with Crippen LogP contribution < -0.4 is 5.73 Å². The molecule has 0 spiro atoms. The summed E-state index contributed by atoms with van der Waals surface area (Å²) >= 11 is 0. The van der Waals surface area contributed by atoms with Crippen molar-refractivity contribution in [3.63, 3.8) is 0 Å². The molecule has 6 heteroatoms. The van der Waals surface area contributed by atoms with Crippen molar-refractivity contribution in [3.8, 4) is 0 Å². The quantitative estimate of drug-likeness (QED) is 0.786. The van der Waals surface area contributed by atoms with Gasteiger partial charge in [0.1, 0.15) is 0 Å². The van der Waals surface area contributed by atoms with Crippen LogP contribution in [0.25, 0.3) is 0 Å². The first-order valence-electron chi connectivity index (χ1n) is 5.14. The first-order valence-corrected chi connectivity index (χ1v) is 5.14. The molecule has 0 saturated heterocycles. The molecular weight excluding hydrogens is 238 g/mol. The largest absolute Gasteiger partial charge is 0.465 e. The Hall–Kier alpha value is -2.37. The van der Waals surface area contributed by atoms with Crippen LogP contribution in [0.15, 0.2) is 24.3 Å². The van der Waals surface area contributed by atoms with Gasteiger partial charge in [-0.15, -0.1) is 0 Å². The first kappa shape index (κ1) is 13.7. The van der Waals surface area contributed by atoms with E-state index in [1.165, 1.54) is 38.3 Å². The van der Waals surface area contributed by atoms with Crippen molar-refractivity contribution in [1.82, 2.24) is 0 Å². The van der Waals surface area contributed by atoms with E-state index >= 15 is 0 Å². The molecule has 0 aliphatic carbocycles. The highest BCUT2D eigenvalue weighted by Gasteiger charge is 2.16. The highest BCUT2D eigenvalue weighted by Crippen LogP contribution is 2.08. The second kappa shape index (κ2) is 5.81. The average molecular weight is 251 g/mol. The van der Waals surface area contributed by atoms with Crippen LogP contribution in [0, 0.1) is 0 Å². The molecule has 0 saturated carbocycles. The van der Waals surface area contributed by atoms with Crippen molar-refractivity contribution in [2.24, 2.45) is 5.73 Å². The maximum atomic E-state index is 11.6. The van der Waals surface area contributed by atoms with Gasteiger partial charge < -0.3 is 15.2 Å². The minimum absolute atomic E-state index is 0.218. The van der Waals surface area contributed by atoms with Gasteiger partial charge in [0.05, 0.1) is 18.2 Å². The minimum Gasteiger partial charge on any atom is -0.465 e. The van der Waals surface area contributed by atoms with E-state index in [1.807, 2.05) is 0 Å². The third kappa shape index (κ3) is 3.31. The van der Waals surface area contributed by atoms with Crippen LogP contribution in [0.5, 0.6) is 0 Å². The topological polar surface area (TPSA) is 95.7 Å². The minimum atomic E-state index is -1.00. The van der Waals surface area contributed by atoms with Crippen LogP contribution in [0.2, 0.25) is 0 Å². The maximum Gasteiger partial charge on any atom is 0.338 e. The number of primary amides is 1. The Morgan fingerprint density at radius 3 is 1.89 bits per heavy atom. The summed E-state index contributed by atoms with van der Waals surface area (Å²) in [5.41, 5.74) is 5.50. The molecule has 1 aromatic rings. The van der Waals surface area contributed by atoms with Crippen LogP contribution in [-0.4, -0.2) is 31.1 Å². The predicted octanol–water partition coefficient (Wildman–Crippen LogP) is 0.504. The Morgan fingerprint density at radius 1 is 1.06 bits per heavy atom. The molecule has 0 radical (unpaired) electrons. The lowest BCUT2D eigenvalue weighted by Gasteiger charge is -2.09. The van der Waals surface area contributed by atoms with Crippen LogP contribution in [0.3, 0.4) is 0 Å². The van der Waals surface area contributed by atoms with E-state index in [9.17, 15) is 14.4 Å². The van der Waals surface area contributed by atoms with E-state index in [4.69, 9.17) is 10.5 Å². The van der Waals surface area contributed by atoms with Crippen molar-refractivity contribution in [2.45, 2.75) is 13.0 Å². The lowest BCUT2D eigenvalue weighted by Crippen LogP contribution is -2.30. The Kier molecular flexibility index (Phi) is 4.42. The number of hydrogen-bond donors (Lipinski definition) is 1. The van der Waals surface area contributed by atoms with Gasteiger partial charge in [0.25, 0.3) is 5.91 Å². The van der Waals surface area contributed by atoms with Gasteiger partial charge in [0.15, 0.2) is 6.10 Å². The summed E-state index contributed by atoms with van der Waals surface area (Å²) in [6.45, 7) is 1.38. The van der Waals surface area contributed by atoms with E-state index in [1.54, 1.807) is 0 Å². The molecule has 0 unspecified atom stereocenters. The number of esters is 2. The van der Waals surface area contributed by atoms with Gasteiger partial charge >= 0.3 is 11.9 Å². The second-order valence-corrected chi connectivity index (χ2v) is 3.52. The van der Waals surface area contributed by atoms with Gasteiger partial charge in [-0.3, -0.25) is 4.79 Å². The molecule has 2 N–H and O–H groups in total. The summed E-state index contributed by atoms with van der Waals surface area (Å²) in [5.74, 6) is -1.91. The van der Waals surface area contributed by atoms with Crippen molar-refractivity contribution in [1.29, 1.82) is 0 Å². The fraction of sp³-hybridized carbons (Fsp3) is 0.250. The fourth-order valence-corrected chi connectivity index (χ4v) is 1.15. The van der Waals surface area contributed by atoms with Crippen molar-refractivity contribution >= 4 is 17.8 Å². The lowest BCUT2D eigenvalue weighted by atomic mass is 10.1. The van der Waals surface area contributed by atoms with E-state index < -0.39 is 23.9 Å². The Balaban J connectivity index is 2.76. The summed E-state index contributed by atoms with van der Waals surface area (Å²) in [7, 11) is 1.26. The van der Waals surface area contributed by atoms with Gasteiger partial charge in [-0.1, -0.05) is 0 Å². The summed E-state index contributed by atoms with van der Waals surface area (Å²) < 4.78 is 9.31. The van der Waals surface area contributed by atoms with Crippen LogP contribution in [-0.2, 0) is 14.3 Å². The average Bonchev–Trinajstić information content (AvgIpc) is 2.37. The van der Waals surface area contributed by atoms with Crippen molar-refractivity contribution in [2.75, 3.05) is 7.11 Å². The third-order valence-electron chi connectivity index (χ3n) is 2.23. The number of nitrogens with two attached hydrogens (primary N) is 1. The molecule has 0 bridgehead atoms. The summed E-state index contributed by atoms with van der Waals surface area (Å²) in [5, 5.41) is 0. The van der Waals surface area contributed by atoms with Gasteiger partial charge in [-0.25, -0.2) is 9.59 Å². The molecule has 1 atom stereocenters. The van der Waals surface area contributed by atoms with Gasteiger partial charge in [-0.05, 0) is 31.2 Å². The second-order valence-electron chi connectivity index (χ2n) is 3.52. The number of methoxy groups -OCH3 is 1. The standard InChI is InChI=1S/C12H13NO5/c1-7(10(13)14)18-12(16)9-5-3-8(4-6-9)11(15)17-2/h3-7H,1-2H3,(H2,13,14)/t7-/m0/s1. The summed E-state index contributed by atoms with van der Waals surface area (Å²) in [6, 6.07) is 5.67. The monoisotopic (exact) mass is 251 g/mol. The molecule has 1 rings (SSSR count).